The van der Waals surface area contributed by atoms with Gasteiger partial charge < -0.3 is 4.74 Å². The van der Waals surface area contributed by atoms with E-state index in [1.807, 2.05) is 71.7 Å². The molecule has 0 saturated heterocycles. The van der Waals surface area contributed by atoms with Gasteiger partial charge in [-0.2, -0.15) is 15.3 Å². The van der Waals surface area contributed by atoms with Crippen LogP contribution in [0.4, 0.5) is 0 Å². The van der Waals surface area contributed by atoms with Gasteiger partial charge in [0.2, 0.25) is 0 Å². The number of nitrogens with zero attached hydrogens (tertiary/aromatic N) is 4. The summed E-state index contributed by atoms with van der Waals surface area (Å²) in [6.45, 7) is 7.15. The van der Waals surface area contributed by atoms with E-state index in [1.54, 1.807) is 7.11 Å². The second kappa shape index (κ2) is 7.73. The van der Waals surface area contributed by atoms with Crippen LogP contribution in [0.15, 0.2) is 71.0 Å². The minimum absolute atomic E-state index is 0.155. The Morgan fingerprint density at radius 2 is 1.81 bits per heavy atom. The molecule has 0 spiro atoms. The molecule has 5 nitrogen and oxygen atoms in total. The zero-order valence-corrected chi connectivity index (χ0v) is 19.2. The molecule has 164 valence electrons. The molecule has 2 aromatic carbocycles. The lowest BCUT2D eigenvalue weighted by Crippen LogP contribution is -2.32. The van der Waals surface area contributed by atoms with E-state index in [9.17, 15) is 0 Å². The van der Waals surface area contributed by atoms with E-state index in [2.05, 4.69) is 25.9 Å². The normalized spacial score (nSPS) is 25.1. The first kappa shape index (κ1) is 20.7. The third-order valence-electron chi connectivity index (χ3n) is 8.01. The molecule has 2 aliphatic carbocycles. The van der Waals surface area contributed by atoms with Gasteiger partial charge in [-0.15, -0.1) is 0 Å². The second-order valence-electron chi connectivity index (χ2n) is 9.73. The zero-order chi connectivity index (χ0) is 22.3. The fraction of sp³-hybridized carbons (Fsp3) is 0.370. The summed E-state index contributed by atoms with van der Waals surface area (Å²) in [5.41, 5.74) is 5.54. The Balaban J connectivity index is 1.50. The monoisotopic (exact) mass is 426 g/mol. The summed E-state index contributed by atoms with van der Waals surface area (Å²) in [4.78, 5) is 0. The quantitative estimate of drug-likeness (QED) is 0.362. The predicted octanol–water partition coefficient (Wildman–Crippen LogP) is 6.17. The molecule has 2 saturated carbocycles. The highest BCUT2D eigenvalue weighted by molar-refractivity contribution is 5.95. The summed E-state index contributed by atoms with van der Waals surface area (Å²) in [7, 11) is 1.67. The SMILES string of the molecule is COc1ccc(-c2nn(-c3ccccc3)cc2/C=N\N=C2\C[C@H]3CC[C@]2(C)C3(C)C)cc1. The molecule has 2 fully saturated rings. The summed E-state index contributed by atoms with van der Waals surface area (Å²) < 4.78 is 7.21. The zero-order valence-electron chi connectivity index (χ0n) is 19.2. The molecule has 2 bridgehead atoms. The molecule has 32 heavy (non-hydrogen) atoms. The summed E-state index contributed by atoms with van der Waals surface area (Å²) in [5, 5.41) is 14.2. The van der Waals surface area contributed by atoms with Crippen LogP contribution in [-0.4, -0.2) is 28.8 Å². The van der Waals surface area contributed by atoms with Crippen LogP contribution >= 0.6 is 0 Å². The van der Waals surface area contributed by atoms with Gasteiger partial charge in [-0.05, 0) is 67.0 Å². The third kappa shape index (κ3) is 3.27. The molecule has 2 aliphatic rings. The Bertz CT molecular complexity index is 1170. The predicted molar refractivity (Wildman–Crippen MR) is 130 cm³/mol. The maximum absolute atomic E-state index is 5.31. The van der Waals surface area contributed by atoms with Crippen molar-refractivity contribution in [3.63, 3.8) is 0 Å². The van der Waals surface area contributed by atoms with Crippen LogP contribution in [0, 0.1) is 16.7 Å². The maximum Gasteiger partial charge on any atom is 0.118 e. The van der Waals surface area contributed by atoms with Crippen LogP contribution in [-0.2, 0) is 0 Å². The third-order valence-corrected chi connectivity index (χ3v) is 8.01. The van der Waals surface area contributed by atoms with Gasteiger partial charge in [0.25, 0.3) is 0 Å². The average Bonchev–Trinajstić information content (AvgIpc) is 3.39. The number of rotatable bonds is 5. The van der Waals surface area contributed by atoms with E-state index in [0.29, 0.717) is 5.41 Å². The molecular formula is C27H30N4O. The summed E-state index contributed by atoms with van der Waals surface area (Å²) >= 11 is 0. The molecule has 3 aromatic rings. The van der Waals surface area contributed by atoms with Gasteiger partial charge in [0, 0.05) is 28.5 Å². The van der Waals surface area contributed by atoms with Crippen LogP contribution < -0.4 is 4.74 Å². The van der Waals surface area contributed by atoms with Gasteiger partial charge in [0.1, 0.15) is 11.4 Å². The van der Waals surface area contributed by atoms with Crippen molar-refractivity contribution in [3.05, 3.63) is 66.4 Å². The smallest absolute Gasteiger partial charge is 0.118 e. The average molecular weight is 427 g/mol. The first-order valence-electron chi connectivity index (χ1n) is 11.3. The fourth-order valence-electron chi connectivity index (χ4n) is 5.41. The van der Waals surface area contributed by atoms with Gasteiger partial charge in [-0.3, -0.25) is 0 Å². The standard InChI is InChI=1S/C27H30N4O/c1-26(2)21-14-15-27(26,3)24(16-21)29-28-17-20-18-31(22-8-6-5-7-9-22)30-25(20)19-10-12-23(32-4)13-11-19/h5-13,17-18,21H,14-16H2,1-4H3/b28-17-,29-24-/t21-,27+/m1/s1. The lowest BCUT2D eigenvalue weighted by molar-refractivity contribution is 0.194. The number of para-hydroxylation sites is 1. The highest BCUT2D eigenvalue weighted by atomic mass is 16.5. The Hall–Kier alpha value is -3.21. The lowest BCUT2D eigenvalue weighted by Gasteiger charge is -2.34. The fourth-order valence-corrected chi connectivity index (χ4v) is 5.41. The van der Waals surface area contributed by atoms with E-state index in [0.717, 1.165) is 40.6 Å². The first-order chi connectivity index (χ1) is 15.4. The molecular weight excluding hydrogens is 396 g/mol. The number of ether oxygens (including phenoxy) is 1. The highest BCUT2D eigenvalue weighted by Crippen LogP contribution is 2.64. The van der Waals surface area contributed by atoms with Crippen molar-refractivity contribution in [1.82, 2.24) is 9.78 Å². The lowest BCUT2D eigenvalue weighted by atomic mass is 9.70. The van der Waals surface area contributed by atoms with E-state index < -0.39 is 0 Å². The molecule has 0 unspecified atom stereocenters. The molecule has 0 aliphatic heterocycles. The first-order valence-corrected chi connectivity index (χ1v) is 11.3. The minimum atomic E-state index is 0.155. The number of benzene rings is 2. The Morgan fingerprint density at radius 3 is 2.44 bits per heavy atom. The second-order valence-corrected chi connectivity index (χ2v) is 9.73. The van der Waals surface area contributed by atoms with Gasteiger partial charge in [-0.25, -0.2) is 4.68 Å². The molecule has 1 heterocycles. The van der Waals surface area contributed by atoms with Crippen LogP contribution in [0.1, 0.15) is 45.6 Å². The van der Waals surface area contributed by atoms with Crippen LogP contribution in [0.2, 0.25) is 0 Å². The van der Waals surface area contributed by atoms with Crippen LogP contribution in [0.5, 0.6) is 5.75 Å². The van der Waals surface area contributed by atoms with E-state index in [-0.39, 0.29) is 5.41 Å². The maximum atomic E-state index is 5.31. The molecule has 0 radical (unpaired) electrons. The van der Waals surface area contributed by atoms with Gasteiger partial charge in [0.05, 0.1) is 19.0 Å². The number of hydrogen-bond acceptors (Lipinski definition) is 4. The number of fused-ring (bicyclic) bond motifs is 2. The number of methoxy groups -OCH3 is 1. The molecule has 0 amide bonds. The van der Waals surface area contributed by atoms with Gasteiger partial charge in [-0.1, -0.05) is 39.0 Å². The molecule has 5 heteroatoms. The van der Waals surface area contributed by atoms with Gasteiger partial charge >= 0.3 is 0 Å². The Morgan fingerprint density at radius 1 is 1.06 bits per heavy atom. The van der Waals surface area contributed by atoms with Crippen molar-refractivity contribution in [1.29, 1.82) is 0 Å². The van der Waals surface area contributed by atoms with Crippen molar-refractivity contribution in [2.45, 2.75) is 40.0 Å². The number of aromatic nitrogens is 2. The summed E-state index contributed by atoms with van der Waals surface area (Å²) in [6.07, 6.45) is 7.45. The largest absolute Gasteiger partial charge is 0.497 e. The van der Waals surface area contributed by atoms with Gasteiger partial charge in [0.15, 0.2) is 0 Å². The van der Waals surface area contributed by atoms with E-state index in [4.69, 9.17) is 14.9 Å². The molecule has 5 rings (SSSR count). The van der Waals surface area contributed by atoms with Crippen molar-refractivity contribution >= 4 is 11.9 Å². The number of hydrogen-bond donors (Lipinski definition) is 0. The van der Waals surface area contributed by atoms with Crippen molar-refractivity contribution in [2.24, 2.45) is 27.0 Å². The highest BCUT2D eigenvalue weighted by Gasteiger charge is 2.59. The molecule has 1 aromatic heterocycles. The van der Waals surface area contributed by atoms with Crippen molar-refractivity contribution < 1.29 is 4.74 Å². The topological polar surface area (TPSA) is 51.8 Å². The summed E-state index contributed by atoms with van der Waals surface area (Å²) in [6, 6.07) is 18.1. The van der Waals surface area contributed by atoms with Crippen molar-refractivity contribution in [2.75, 3.05) is 7.11 Å². The summed E-state index contributed by atoms with van der Waals surface area (Å²) in [5.74, 6) is 1.54. The van der Waals surface area contributed by atoms with Crippen molar-refractivity contribution in [3.8, 4) is 22.7 Å². The van der Waals surface area contributed by atoms with E-state index >= 15 is 0 Å². The van der Waals surface area contributed by atoms with E-state index in [1.165, 1.54) is 18.6 Å². The minimum Gasteiger partial charge on any atom is -0.497 e. The Labute approximate surface area is 189 Å². The Kier molecular flexibility index (Phi) is 5.00. The van der Waals surface area contributed by atoms with Crippen LogP contribution in [0.3, 0.4) is 0 Å². The molecule has 2 atom stereocenters. The van der Waals surface area contributed by atoms with Crippen LogP contribution in [0.25, 0.3) is 16.9 Å². The molecule has 0 N–H and O–H groups in total.